The molecule has 0 saturated carbocycles. The van der Waals surface area contributed by atoms with Gasteiger partial charge < -0.3 is 11.1 Å². The molecule has 90 valence electrons. The number of rotatable bonds is 7. The molecule has 1 amide bonds. The van der Waals surface area contributed by atoms with Gasteiger partial charge in [-0.1, -0.05) is 34.1 Å². The largest absolute Gasteiger partial charge is 0.356 e. The maximum atomic E-state index is 11.5. The molecule has 0 heterocycles. The van der Waals surface area contributed by atoms with Gasteiger partial charge in [-0.15, -0.1) is 0 Å². The quantitative estimate of drug-likeness (QED) is 0.680. The van der Waals surface area contributed by atoms with Gasteiger partial charge in [-0.2, -0.15) is 0 Å². The highest BCUT2D eigenvalue weighted by atomic mass is 16.1. The minimum absolute atomic E-state index is 0.111. The molecular formula is C12H26N2O. The van der Waals surface area contributed by atoms with Crippen LogP contribution in [0.25, 0.3) is 0 Å². The predicted molar refractivity (Wildman–Crippen MR) is 64.5 cm³/mol. The molecule has 0 aliphatic rings. The van der Waals surface area contributed by atoms with Gasteiger partial charge in [-0.25, -0.2) is 0 Å². The van der Waals surface area contributed by atoms with Crippen LogP contribution in [0.4, 0.5) is 0 Å². The fourth-order valence-electron chi connectivity index (χ4n) is 1.35. The van der Waals surface area contributed by atoms with Gasteiger partial charge in [-0.05, 0) is 24.3 Å². The Bertz CT molecular complexity index is 190. The van der Waals surface area contributed by atoms with Crippen LogP contribution in [0.2, 0.25) is 0 Å². The maximum Gasteiger partial charge on any atom is 0.220 e. The van der Waals surface area contributed by atoms with Gasteiger partial charge in [0.25, 0.3) is 0 Å². The summed E-state index contributed by atoms with van der Waals surface area (Å²) in [5.74, 6) is 0.636. The second-order valence-electron chi connectivity index (χ2n) is 5.20. The zero-order chi connectivity index (χ0) is 11.9. The van der Waals surface area contributed by atoms with Gasteiger partial charge in [0.15, 0.2) is 0 Å². The molecule has 15 heavy (non-hydrogen) atoms. The predicted octanol–water partition coefficient (Wildman–Crippen LogP) is 1.91. The fraction of sp³-hybridized carbons (Fsp3) is 0.917. The second-order valence-corrected chi connectivity index (χ2v) is 5.20. The van der Waals surface area contributed by atoms with Crippen LogP contribution in [-0.4, -0.2) is 19.0 Å². The van der Waals surface area contributed by atoms with Gasteiger partial charge >= 0.3 is 0 Å². The Morgan fingerprint density at radius 3 is 2.53 bits per heavy atom. The smallest absolute Gasteiger partial charge is 0.220 e. The van der Waals surface area contributed by atoms with Crippen molar-refractivity contribution in [1.82, 2.24) is 5.32 Å². The molecule has 0 aliphatic carbocycles. The lowest BCUT2D eigenvalue weighted by Gasteiger charge is -2.24. The first kappa shape index (κ1) is 14.4. The topological polar surface area (TPSA) is 55.1 Å². The number of hydrogen-bond acceptors (Lipinski definition) is 2. The van der Waals surface area contributed by atoms with Crippen molar-refractivity contribution in [3.05, 3.63) is 0 Å². The molecule has 0 bridgehead atoms. The first-order valence-corrected chi connectivity index (χ1v) is 5.88. The minimum Gasteiger partial charge on any atom is -0.356 e. The molecule has 3 heteroatoms. The number of nitrogens with one attached hydrogen (secondary N) is 1. The highest BCUT2D eigenvalue weighted by Crippen LogP contribution is 2.17. The zero-order valence-corrected chi connectivity index (χ0v) is 10.6. The van der Waals surface area contributed by atoms with Crippen LogP contribution < -0.4 is 11.1 Å². The van der Waals surface area contributed by atoms with E-state index in [2.05, 4.69) is 33.0 Å². The van der Waals surface area contributed by atoms with E-state index in [4.69, 9.17) is 5.73 Å². The van der Waals surface area contributed by atoms with Gasteiger partial charge in [0, 0.05) is 13.0 Å². The molecular weight excluding hydrogens is 188 g/mol. The molecule has 0 radical (unpaired) electrons. The van der Waals surface area contributed by atoms with E-state index in [1.54, 1.807) is 0 Å². The zero-order valence-electron chi connectivity index (χ0n) is 10.6. The summed E-state index contributed by atoms with van der Waals surface area (Å²) in [5, 5.41) is 2.98. The summed E-state index contributed by atoms with van der Waals surface area (Å²) in [6.07, 6.45) is 2.63. The van der Waals surface area contributed by atoms with Crippen molar-refractivity contribution < 1.29 is 4.79 Å². The van der Waals surface area contributed by atoms with Crippen molar-refractivity contribution in [2.45, 2.75) is 47.0 Å². The highest BCUT2D eigenvalue weighted by molar-refractivity contribution is 5.76. The van der Waals surface area contributed by atoms with Crippen LogP contribution in [0.3, 0.4) is 0 Å². The standard InChI is InChI=1S/C12H26N2O/c1-5-10(2)8-11(15)14-9-12(3,4)6-7-13/h10H,5-9,13H2,1-4H3,(H,14,15). The Kier molecular flexibility index (Phi) is 6.57. The lowest BCUT2D eigenvalue weighted by atomic mass is 9.89. The number of carbonyl (C=O) groups excluding carboxylic acids is 1. The van der Waals surface area contributed by atoms with Gasteiger partial charge in [0.1, 0.15) is 0 Å². The highest BCUT2D eigenvalue weighted by Gasteiger charge is 2.18. The summed E-state index contributed by atoms with van der Waals surface area (Å²) < 4.78 is 0. The lowest BCUT2D eigenvalue weighted by molar-refractivity contribution is -0.122. The molecule has 0 saturated heterocycles. The Hall–Kier alpha value is -0.570. The van der Waals surface area contributed by atoms with Crippen molar-refractivity contribution in [3.63, 3.8) is 0 Å². The maximum absolute atomic E-state index is 11.5. The van der Waals surface area contributed by atoms with Crippen LogP contribution >= 0.6 is 0 Å². The molecule has 0 aliphatic heterocycles. The number of hydrogen-bond donors (Lipinski definition) is 2. The van der Waals surface area contributed by atoms with Gasteiger partial charge in [0.05, 0.1) is 0 Å². The third-order valence-corrected chi connectivity index (χ3v) is 2.82. The lowest BCUT2D eigenvalue weighted by Crippen LogP contribution is -2.35. The first-order chi connectivity index (χ1) is 6.91. The third-order valence-electron chi connectivity index (χ3n) is 2.82. The van der Waals surface area contributed by atoms with E-state index in [-0.39, 0.29) is 11.3 Å². The third kappa shape index (κ3) is 7.37. The monoisotopic (exact) mass is 214 g/mol. The van der Waals surface area contributed by atoms with Crippen LogP contribution in [-0.2, 0) is 4.79 Å². The SMILES string of the molecule is CCC(C)CC(=O)NCC(C)(C)CCN. The Morgan fingerprint density at radius 1 is 1.47 bits per heavy atom. The number of amides is 1. The fourth-order valence-corrected chi connectivity index (χ4v) is 1.35. The minimum atomic E-state index is 0.111. The van der Waals surface area contributed by atoms with E-state index in [1.807, 2.05) is 0 Å². The molecule has 1 atom stereocenters. The first-order valence-electron chi connectivity index (χ1n) is 5.88. The van der Waals surface area contributed by atoms with Crippen LogP contribution in [0, 0.1) is 11.3 Å². The molecule has 0 aromatic heterocycles. The second kappa shape index (κ2) is 6.83. The summed E-state index contributed by atoms with van der Waals surface area (Å²) >= 11 is 0. The average Bonchev–Trinajstić information content (AvgIpc) is 2.15. The molecule has 0 aromatic carbocycles. The van der Waals surface area contributed by atoms with Gasteiger partial charge in [0.2, 0.25) is 5.91 Å². The molecule has 0 rings (SSSR count). The van der Waals surface area contributed by atoms with Crippen LogP contribution in [0.1, 0.15) is 47.0 Å². The molecule has 0 spiro atoms. The van der Waals surface area contributed by atoms with Crippen molar-refractivity contribution in [3.8, 4) is 0 Å². The van der Waals surface area contributed by atoms with Crippen molar-refractivity contribution in [1.29, 1.82) is 0 Å². The Morgan fingerprint density at radius 2 is 2.07 bits per heavy atom. The Labute approximate surface area is 93.8 Å². The van der Waals surface area contributed by atoms with Gasteiger partial charge in [-0.3, -0.25) is 4.79 Å². The van der Waals surface area contributed by atoms with Crippen LogP contribution in [0.15, 0.2) is 0 Å². The van der Waals surface area contributed by atoms with Crippen molar-refractivity contribution >= 4 is 5.91 Å². The number of carbonyl (C=O) groups is 1. The van der Waals surface area contributed by atoms with Crippen molar-refractivity contribution in [2.75, 3.05) is 13.1 Å². The molecule has 1 unspecified atom stereocenters. The van der Waals surface area contributed by atoms with Crippen LogP contribution in [0.5, 0.6) is 0 Å². The summed E-state index contributed by atoms with van der Waals surface area (Å²) in [5.41, 5.74) is 5.62. The molecule has 3 nitrogen and oxygen atoms in total. The summed E-state index contributed by atoms with van der Waals surface area (Å²) in [7, 11) is 0. The van der Waals surface area contributed by atoms with E-state index in [0.29, 0.717) is 18.9 Å². The van der Waals surface area contributed by atoms with E-state index >= 15 is 0 Å². The molecule has 0 aromatic rings. The molecule has 0 fully saturated rings. The van der Waals surface area contributed by atoms with E-state index in [1.165, 1.54) is 0 Å². The summed E-state index contributed by atoms with van der Waals surface area (Å²) in [6.45, 7) is 9.86. The normalized spacial score (nSPS) is 13.7. The Balaban J connectivity index is 3.79. The van der Waals surface area contributed by atoms with E-state index < -0.39 is 0 Å². The molecule has 3 N–H and O–H groups in total. The summed E-state index contributed by atoms with van der Waals surface area (Å²) in [6, 6.07) is 0. The average molecular weight is 214 g/mol. The number of nitrogens with two attached hydrogens (primary N) is 1. The van der Waals surface area contributed by atoms with E-state index in [0.717, 1.165) is 19.4 Å². The summed E-state index contributed by atoms with van der Waals surface area (Å²) in [4.78, 5) is 11.5. The van der Waals surface area contributed by atoms with Crippen molar-refractivity contribution in [2.24, 2.45) is 17.1 Å². The van der Waals surface area contributed by atoms with E-state index in [9.17, 15) is 4.79 Å².